The maximum absolute atomic E-state index is 9.80. The molecule has 0 atom stereocenters. The van der Waals surface area contributed by atoms with Crippen molar-refractivity contribution in [1.82, 2.24) is 12.3 Å². The molecule has 0 aliphatic carbocycles. The van der Waals surface area contributed by atoms with Gasteiger partial charge in [0.2, 0.25) is 0 Å². The molecule has 0 saturated heterocycles. The van der Waals surface area contributed by atoms with Crippen LogP contribution in [-0.2, 0) is 41.2 Å². The van der Waals surface area contributed by atoms with E-state index >= 15 is 0 Å². The maximum atomic E-state index is 9.80. The van der Waals surface area contributed by atoms with Crippen molar-refractivity contribution in [2.75, 3.05) is 27.7 Å². The van der Waals surface area contributed by atoms with Gasteiger partial charge in [-0.25, -0.2) is 21.4 Å². The Morgan fingerprint density at radius 3 is 0.917 bits per heavy atom. The van der Waals surface area contributed by atoms with Crippen molar-refractivity contribution in [3.05, 3.63) is 0 Å². The zero-order valence-electron chi connectivity index (χ0n) is 27.9. The molecule has 0 saturated carbocycles. The average molecular weight is 906 g/mol. The molecule has 0 unspecified atom stereocenters. The Hall–Kier alpha value is 2.67. The van der Waals surface area contributed by atoms with Gasteiger partial charge in [0.05, 0.1) is 47.3 Å². The summed E-state index contributed by atoms with van der Waals surface area (Å²) in [6.07, 6.45) is 20.4. The van der Waals surface area contributed by atoms with Gasteiger partial charge in [0.15, 0.2) is 18.3 Å². The normalized spacial score (nSPS) is 11.8. The fourth-order valence-corrected chi connectivity index (χ4v) is 14.0. The van der Waals surface area contributed by atoms with Crippen molar-refractivity contribution >= 4 is 83.7 Å². The van der Waals surface area contributed by atoms with Gasteiger partial charge in [-0.2, -0.15) is 16.8 Å². The van der Waals surface area contributed by atoms with Crippen molar-refractivity contribution < 1.29 is 127 Å². The number of quaternary nitrogens is 1. The van der Waals surface area contributed by atoms with E-state index in [-0.39, 0.29) is 83.3 Å². The van der Waals surface area contributed by atoms with E-state index in [9.17, 15) is 42.8 Å². The number of phosphoric acid groups is 1. The molecule has 294 valence electrons. The van der Waals surface area contributed by atoms with Gasteiger partial charge in [0, 0.05) is 19.7 Å². The quantitative estimate of drug-likeness (QED) is 0.0216. The van der Waals surface area contributed by atoms with Crippen LogP contribution in [0, 0.1) is 0 Å². The topological polar surface area (TPSA) is 371 Å². The van der Waals surface area contributed by atoms with Crippen LogP contribution >= 0.6 is 47.1 Å². The molecular weight excluding hydrogens is 853 g/mol. The molecule has 0 heterocycles. The van der Waals surface area contributed by atoms with Crippen LogP contribution in [0.4, 0.5) is 0 Å². The van der Waals surface area contributed by atoms with Gasteiger partial charge >= 0.3 is 77.5 Å². The summed E-state index contributed by atoms with van der Waals surface area (Å²) in [7, 11) is -17.8. The Labute approximate surface area is 343 Å². The van der Waals surface area contributed by atoms with Crippen molar-refractivity contribution in [2.45, 2.75) is 96.8 Å². The zero-order valence-corrected chi connectivity index (χ0v) is 38.5. The van der Waals surface area contributed by atoms with Crippen molar-refractivity contribution in [3.8, 4) is 0 Å². The van der Waals surface area contributed by atoms with E-state index < -0.39 is 64.1 Å². The van der Waals surface area contributed by atoms with Gasteiger partial charge in [-0.3, -0.25) is 9.11 Å². The van der Waals surface area contributed by atoms with E-state index in [2.05, 4.69) is 28.1 Å². The molecule has 29 heteroatoms. The van der Waals surface area contributed by atoms with E-state index in [4.69, 9.17) is 28.4 Å². The molecule has 0 rings (SSSR count). The minimum Gasteiger partial charge on any atom is -0.739 e. The monoisotopic (exact) mass is 905 g/mol. The second-order valence-electron chi connectivity index (χ2n) is 10.1. The summed E-state index contributed by atoms with van der Waals surface area (Å²) in [4.78, 5) is 21.6. The van der Waals surface area contributed by atoms with E-state index in [1.165, 1.54) is 96.4 Å². The maximum Gasteiger partial charge on any atom is 1.00 e. The Bertz CT molecular complexity index is 1080. The summed E-state index contributed by atoms with van der Waals surface area (Å²) in [5.74, 6) is 0. The fraction of sp³-hybridized carbons (Fsp3) is 1.00. The van der Waals surface area contributed by atoms with Crippen LogP contribution < -0.4 is 63.7 Å². The van der Waals surface area contributed by atoms with Crippen LogP contribution in [-0.4, -0.2) is 98.7 Å². The third-order valence-corrected chi connectivity index (χ3v) is 17.8. The van der Waals surface area contributed by atoms with Crippen molar-refractivity contribution in [1.29, 1.82) is 0 Å². The SMILES string of the molecule is CCCCCCCCCCCCCCCC[N+](C)(C)C.N.N.O=P(O)(O)O.O=S(=O)(O)SSS(=O)(=O)O.O=S(=O)([O-])SSS(=O)(=O)[O-].[K+]. The van der Waals surface area contributed by atoms with Crippen molar-refractivity contribution in [2.24, 2.45) is 0 Å². The summed E-state index contributed by atoms with van der Waals surface area (Å²) < 4.78 is 123. The first-order chi connectivity index (χ1) is 20.0. The first-order valence-electron chi connectivity index (χ1n) is 13.2. The molecule has 0 radical (unpaired) electrons. The van der Waals surface area contributed by atoms with Crippen LogP contribution in [0.15, 0.2) is 0 Å². The molecule has 0 aliphatic rings. The number of nitrogens with zero attached hydrogens (tertiary/aromatic N) is 1. The van der Waals surface area contributed by atoms with E-state index in [1.54, 1.807) is 0 Å². The molecule has 0 amide bonds. The third-order valence-electron chi connectivity index (χ3n) is 4.58. The summed E-state index contributed by atoms with van der Waals surface area (Å²) in [5, 5.41) is 0. The van der Waals surface area contributed by atoms with E-state index in [0.29, 0.717) is 0 Å². The first-order valence-corrected chi connectivity index (χ1v) is 26.8. The molecular formula is C19H53KN3O16PS8. The molecule has 48 heavy (non-hydrogen) atoms. The predicted octanol–water partition coefficient (Wildman–Crippen LogP) is 1.83. The number of hydrogen-bond donors (Lipinski definition) is 7. The van der Waals surface area contributed by atoms with E-state index in [1.807, 2.05) is 0 Å². The first kappa shape index (κ1) is 65.5. The van der Waals surface area contributed by atoms with E-state index in [0.717, 1.165) is 4.48 Å². The molecule has 0 aromatic heterocycles. The predicted molar refractivity (Wildman–Crippen MR) is 190 cm³/mol. The number of rotatable bonds is 21. The Balaban J connectivity index is -0.000000102. The van der Waals surface area contributed by atoms with Gasteiger partial charge in [-0.1, -0.05) is 84.0 Å². The van der Waals surface area contributed by atoms with Crippen LogP contribution in [0.5, 0.6) is 0 Å². The molecule has 0 spiro atoms. The summed E-state index contributed by atoms with van der Waals surface area (Å²) in [6, 6.07) is 0. The smallest absolute Gasteiger partial charge is 0.739 e. The Morgan fingerprint density at radius 1 is 0.542 bits per heavy atom. The summed E-state index contributed by atoms with van der Waals surface area (Å²) >= 11 is 0. The summed E-state index contributed by atoms with van der Waals surface area (Å²) in [6.45, 7) is 3.63. The van der Waals surface area contributed by atoms with Gasteiger partial charge < -0.3 is 40.6 Å². The molecule has 0 aliphatic heterocycles. The van der Waals surface area contributed by atoms with Gasteiger partial charge in [-0.05, 0) is 12.8 Å². The van der Waals surface area contributed by atoms with Gasteiger partial charge in [0.1, 0.15) is 0 Å². The number of unbranched alkanes of at least 4 members (excludes halogenated alkanes) is 13. The molecule has 0 aromatic carbocycles. The second-order valence-corrected chi connectivity index (χ2v) is 26.5. The Kier molecular flexibility index (Phi) is 48.3. The van der Waals surface area contributed by atoms with Crippen LogP contribution in [0.3, 0.4) is 0 Å². The van der Waals surface area contributed by atoms with Crippen LogP contribution in [0.25, 0.3) is 0 Å². The molecule has 0 fully saturated rings. The van der Waals surface area contributed by atoms with Crippen LogP contribution in [0.1, 0.15) is 96.8 Å². The molecule has 19 nitrogen and oxygen atoms in total. The largest absolute Gasteiger partial charge is 1.00 e. The van der Waals surface area contributed by atoms with Crippen LogP contribution in [0.2, 0.25) is 0 Å². The minimum atomic E-state index is -4.71. The van der Waals surface area contributed by atoms with Gasteiger partial charge in [0.25, 0.3) is 0 Å². The number of hydrogen-bond acceptors (Lipinski definition) is 17. The third kappa shape index (κ3) is 97.6. The summed E-state index contributed by atoms with van der Waals surface area (Å²) in [5.41, 5.74) is 0. The molecule has 11 N–H and O–H groups in total. The second kappa shape index (κ2) is 35.4. The average Bonchev–Trinajstić information content (AvgIpc) is 2.79. The Morgan fingerprint density at radius 2 is 0.750 bits per heavy atom. The zero-order chi connectivity index (χ0) is 36.4. The minimum absolute atomic E-state index is 0. The van der Waals surface area contributed by atoms with Gasteiger partial charge in [-0.15, -0.1) is 0 Å². The molecule has 0 aromatic rings. The van der Waals surface area contributed by atoms with Crippen molar-refractivity contribution in [3.63, 3.8) is 0 Å². The fourth-order valence-electron chi connectivity index (χ4n) is 2.92. The molecule has 0 bridgehead atoms. The standard InChI is InChI=1S/C19H42N.K.2H3N.2H2O6S4.H3O4P/c1-5-6-7-8-9-10-11-12-13-14-15-16-17-18-19-20(2,3)4;;;;2*1-9(2,3)7-8-10(4,5)6;1-5(2,3)4/h5-19H2,1-4H3;;2*1H3;2*(H,1,2,3)(H,4,5,6);(H3,1,2,3,4)/q2*+1;;;;;/p-2.